The van der Waals surface area contributed by atoms with Gasteiger partial charge >= 0.3 is 12.1 Å². The fraction of sp³-hybridized carbons (Fsp3) is 0.429. The molecular weight excluding hydrogens is 306 g/mol. The first-order chi connectivity index (χ1) is 10.2. The van der Waals surface area contributed by atoms with Gasteiger partial charge in [0.1, 0.15) is 11.9 Å². The molecule has 0 saturated carbocycles. The number of nitrogens with one attached hydrogen (secondary N) is 1. The Bertz CT molecular complexity index is 558. The molecule has 0 aliphatic rings. The molecule has 0 aromatic heterocycles. The van der Waals surface area contributed by atoms with Gasteiger partial charge in [-0.05, 0) is 18.6 Å². The molecule has 1 atom stereocenters. The van der Waals surface area contributed by atoms with Crippen molar-refractivity contribution >= 4 is 11.9 Å². The maximum atomic E-state index is 13.8. The van der Waals surface area contributed by atoms with Crippen LogP contribution < -0.4 is 5.32 Å². The van der Waals surface area contributed by atoms with E-state index in [0.717, 1.165) is 12.1 Å². The number of hydrogen-bond acceptors (Lipinski definition) is 2. The van der Waals surface area contributed by atoms with E-state index in [0.29, 0.717) is 18.9 Å². The zero-order chi connectivity index (χ0) is 16.9. The lowest BCUT2D eigenvalue weighted by molar-refractivity contribution is -0.140. The third-order valence-electron chi connectivity index (χ3n) is 3.00. The molecule has 1 amide bonds. The van der Waals surface area contributed by atoms with Crippen LogP contribution in [0.5, 0.6) is 0 Å². The Morgan fingerprint density at radius 3 is 2.45 bits per heavy atom. The molecule has 0 aliphatic heterocycles. The molecule has 1 aromatic rings. The minimum atomic E-state index is -4.94. The molecule has 0 spiro atoms. The van der Waals surface area contributed by atoms with Gasteiger partial charge in [-0.3, -0.25) is 4.79 Å². The third-order valence-corrected chi connectivity index (χ3v) is 3.00. The topological polar surface area (TPSA) is 66.4 Å². The summed E-state index contributed by atoms with van der Waals surface area (Å²) in [4.78, 5) is 22.8. The second-order valence-electron chi connectivity index (χ2n) is 4.67. The summed E-state index contributed by atoms with van der Waals surface area (Å²) in [5.41, 5.74) is -2.40. The number of hydrogen-bond donors (Lipinski definition) is 2. The standard InChI is InChI=1S/C14H15F4NO3/c1-2-3-7-10(13(21)22)19-12(20)8-5-4-6-9(11(8)15)14(16,17)18/h4-6,10H,2-3,7H2,1H3,(H,19,20)(H,21,22). The molecule has 0 saturated heterocycles. The Morgan fingerprint density at radius 1 is 1.32 bits per heavy atom. The second kappa shape index (κ2) is 7.24. The van der Waals surface area contributed by atoms with E-state index in [1.165, 1.54) is 0 Å². The number of carbonyl (C=O) groups excluding carboxylic acids is 1. The van der Waals surface area contributed by atoms with Crippen LogP contribution in [0.2, 0.25) is 0 Å². The highest BCUT2D eigenvalue weighted by Gasteiger charge is 2.36. The van der Waals surface area contributed by atoms with E-state index < -0.39 is 41.0 Å². The van der Waals surface area contributed by atoms with Crippen molar-refractivity contribution in [2.75, 3.05) is 0 Å². The summed E-state index contributed by atoms with van der Waals surface area (Å²) < 4.78 is 51.5. The second-order valence-corrected chi connectivity index (χ2v) is 4.67. The number of unbranched alkanes of at least 4 members (excludes halogenated alkanes) is 1. The first kappa shape index (κ1) is 17.9. The molecule has 8 heteroatoms. The molecule has 4 nitrogen and oxygen atoms in total. The van der Waals surface area contributed by atoms with Crippen molar-refractivity contribution in [1.29, 1.82) is 0 Å². The maximum absolute atomic E-state index is 13.8. The number of halogens is 4. The van der Waals surface area contributed by atoms with Crippen LogP contribution in [-0.4, -0.2) is 23.0 Å². The summed E-state index contributed by atoms with van der Waals surface area (Å²) in [5, 5.41) is 11.0. The molecule has 2 N–H and O–H groups in total. The van der Waals surface area contributed by atoms with Crippen LogP contribution in [-0.2, 0) is 11.0 Å². The molecule has 0 bridgehead atoms. The first-order valence-corrected chi connectivity index (χ1v) is 6.57. The fourth-order valence-corrected chi connectivity index (χ4v) is 1.83. The lowest BCUT2D eigenvalue weighted by Gasteiger charge is -2.15. The Hall–Kier alpha value is -2.12. The molecule has 22 heavy (non-hydrogen) atoms. The van der Waals surface area contributed by atoms with Crippen LogP contribution in [0, 0.1) is 5.82 Å². The number of amides is 1. The smallest absolute Gasteiger partial charge is 0.419 e. The van der Waals surface area contributed by atoms with E-state index in [4.69, 9.17) is 5.11 Å². The molecule has 1 rings (SSSR count). The number of carboxylic acid groups (broad SMARTS) is 1. The van der Waals surface area contributed by atoms with Crippen molar-refractivity contribution in [1.82, 2.24) is 5.32 Å². The largest absolute Gasteiger partial charge is 0.480 e. The van der Waals surface area contributed by atoms with E-state index in [1.54, 1.807) is 0 Å². The summed E-state index contributed by atoms with van der Waals surface area (Å²) >= 11 is 0. The van der Waals surface area contributed by atoms with Gasteiger partial charge in [-0.1, -0.05) is 25.8 Å². The monoisotopic (exact) mass is 321 g/mol. The number of rotatable bonds is 6. The van der Waals surface area contributed by atoms with Crippen LogP contribution in [0.3, 0.4) is 0 Å². The van der Waals surface area contributed by atoms with Crippen LogP contribution in [0.15, 0.2) is 18.2 Å². The quantitative estimate of drug-likeness (QED) is 0.791. The van der Waals surface area contributed by atoms with Crippen LogP contribution in [0.25, 0.3) is 0 Å². The van der Waals surface area contributed by atoms with Crippen LogP contribution in [0.4, 0.5) is 17.6 Å². The minimum absolute atomic E-state index is 0.109. The Morgan fingerprint density at radius 2 is 1.95 bits per heavy atom. The van der Waals surface area contributed by atoms with E-state index in [1.807, 2.05) is 12.2 Å². The zero-order valence-electron chi connectivity index (χ0n) is 11.7. The summed E-state index contributed by atoms with van der Waals surface area (Å²) in [7, 11) is 0. The molecule has 1 aromatic carbocycles. The van der Waals surface area contributed by atoms with Gasteiger partial charge in [0, 0.05) is 0 Å². The van der Waals surface area contributed by atoms with Gasteiger partial charge in [0.25, 0.3) is 5.91 Å². The SMILES string of the molecule is CCCCC(NC(=O)c1cccc(C(F)(F)F)c1F)C(=O)O. The van der Waals surface area contributed by atoms with Gasteiger partial charge in [0.15, 0.2) is 0 Å². The normalized spacial score (nSPS) is 12.8. The summed E-state index contributed by atoms with van der Waals surface area (Å²) in [6.45, 7) is 1.81. The third kappa shape index (κ3) is 4.44. The van der Waals surface area contributed by atoms with Crippen molar-refractivity contribution in [3.63, 3.8) is 0 Å². The molecular formula is C14H15F4NO3. The fourth-order valence-electron chi connectivity index (χ4n) is 1.83. The summed E-state index contributed by atoms with van der Waals surface area (Å²) in [6.07, 6.45) is -3.65. The average molecular weight is 321 g/mol. The molecule has 0 heterocycles. The van der Waals surface area contributed by atoms with Crippen LogP contribution >= 0.6 is 0 Å². The van der Waals surface area contributed by atoms with Gasteiger partial charge in [0.2, 0.25) is 0 Å². The van der Waals surface area contributed by atoms with E-state index in [2.05, 4.69) is 0 Å². The summed E-state index contributed by atoms with van der Waals surface area (Å²) in [6, 6.07) is 1.00. The van der Waals surface area contributed by atoms with Gasteiger partial charge < -0.3 is 10.4 Å². The number of carboxylic acids is 1. The lowest BCUT2D eigenvalue weighted by atomic mass is 10.1. The van der Waals surface area contributed by atoms with E-state index in [9.17, 15) is 27.2 Å². The molecule has 0 fully saturated rings. The van der Waals surface area contributed by atoms with Gasteiger partial charge in [-0.2, -0.15) is 13.2 Å². The Balaban J connectivity index is 3.00. The molecule has 122 valence electrons. The van der Waals surface area contributed by atoms with Crippen molar-refractivity contribution < 1.29 is 32.3 Å². The highest BCUT2D eigenvalue weighted by atomic mass is 19.4. The van der Waals surface area contributed by atoms with Crippen molar-refractivity contribution in [2.45, 2.75) is 38.4 Å². The number of carbonyl (C=O) groups is 2. The van der Waals surface area contributed by atoms with Crippen molar-refractivity contribution in [2.24, 2.45) is 0 Å². The zero-order valence-corrected chi connectivity index (χ0v) is 11.7. The predicted octanol–water partition coefficient (Wildman–Crippen LogP) is 3.22. The number of aliphatic carboxylic acids is 1. The van der Waals surface area contributed by atoms with Crippen molar-refractivity contribution in [3.05, 3.63) is 35.1 Å². The Kier molecular flexibility index (Phi) is 5.90. The number of alkyl halides is 3. The molecule has 0 radical (unpaired) electrons. The maximum Gasteiger partial charge on any atom is 0.419 e. The molecule has 1 unspecified atom stereocenters. The van der Waals surface area contributed by atoms with Crippen molar-refractivity contribution in [3.8, 4) is 0 Å². The lowest BCUT2D eigenvalue weighted by Crippen LogP contribution is -2.41. The van der Waals surface area contributed by atoms with Crippen LogP contribution in [0.1, 0.15) is 42.1 Å². The first-order valence-electron chi connectivity index (χ1n) is 6.57. The Labute approximate surface area is 124 Å². The predicted molar refractivity (Wildman–Crippen MR) is 69.8 cm³/mol. The molecule has 0 aliphatic carbocycles. The van der Waals surface area contributed by atoms with Gasteiger partial charge in [-0.25, -0.2) is 9.18 Å². The van der Waals surface area contributed by atoms with E-state index in [-0.39, 0.29) is 6.42 Å². The highest BCUT2D eigenvalue weighted by Crippen LogP contribution is 2.32. The number of benzene rings is 1. The summed E-state index contributed by atoms with van der Waals surface area (Å²) in [5.74, 6) is -4.23. The van der Waals surface area contributed by atoms with Gasteiger partial charge in [0.05, 0.1) is 11.1 Å². The highest BCUT2D eigenvalue weighted by molar-refractivity contribution is 5.97. The van der Waals surface area contributed by atoms with Gasteiger partial charge in [-0.15, -0.1) is 0 Å². The minimum Gasteiger partial charge on any atom is -0.480 e. The van der Waals surface area contributed by atoms with E-state index >= 15 is 0 Å². The average Bonchev–Trinajstić information content (AvgIpc) is 2.41.